The summed E-state index contributed by atoms with van der Waals surface area (Å²) in [6.07, 6.45) is 0.147. The van der Waals surface area contributed by atoms with Gasteiger partial charge in [0.05, 0.1) is 13.5 Å². The number of aliphatic carboxylic acids is 1. The molecular formula is C14H21NO3. The number of nitrogens with one attached hydrogen (secondary N) is 1. The second-order valence-corrected chi connectivity index (χ2v) is 4.68. The summed E-state index contributed by atoms with van der Waals surface area (Å²) in [5.74, 6) is 0.347. The summed E-state index contributed by atoms with van der Waals surface area (Å²) in [6, 6.07) is 7.75. The highest BCUT2D eigenvalue weighted by Crippen LogP contribution is 2.12. The second kappa shape index (κ2) is 7.01. The van der Waals surface area contributed by atoms with E-state index in [-0.39, 0.29) is 12.5 Å². The Morgan fingerprint density at radius 1 is 1.33 bits per heavy atom. The Balaban J connectivity index is 2.52. The van der Waals surface area contributed by atoms with Gasteiger partial charge in [0, 0.05) is 12.6 Å². The molecule has 0 saturated carbocycles. The van der Waals surface area contributed by atoms with Crippen LogP contribution in [0.2, 0.25) is 0 Å². The van der Waals surface area contributed by atoms with Gasteiger partial charge in [-0.15, -0.1) is 0 Å². The molecule has 0 spiro atoms. The number of benzene rings is 1. The zero-order chi connectivity index (χ0) is 13.5. The van der Waals surface area contributed by atoms with Crippen molar-refractivity contribution < 1.29 is 14.6 Å². The van der Waals surface area contributed by atoms with E-state index in [9.17, 15) is 4.79 Å². The van der Waals surface area contributed by atoms with Crippen molar-refractivity contribution in [2.24, 2.45) is 5.92 Å². The van der Waals surface area contributed by atoms with Gasteiger partial charge in [0.2, 0.25) is 0 Å². The van der Waals surface area contributed by atoms with Crippen molar-refractivity contribution in [3.05, 3.63) is 29.8 Å². The van der Waals surface area contributed by atoms with Crippen molar-refractivity contribution in [1.29, 1.82) is 0 Å². The van der Waals surface area contributed by atoms with Crippen LogP contribution in [-0.2, 0) is 11.3 Å². The quantitative estimate of drug-likeness (QED) is 0.780. The number of carbonyl (C=O) groups is 1. The smallest absolute Gasteiger partial charge is 0.304 e. The maximum absolute atomic E-state index is 10.8. The first kappa shape index (κ1) is 14.5. The monoisotopic (exact) mass is 251 g/mol. The largest absolute Gasteiger partial charge is 0.497 e. The molecule has 1 rings (SSSR count). The number of methoxy groups -OCH3 is 1. The molecule has 0 fully saturated rings. The van der Waals surface area contributed by atoms with E-state index in [1.165, 1.54) is 0 Å². The minimum Gasteiger partial charge on any atom is -0.497 e. The van der Waals surface area contributed by atoms with E-state index in [1.807, 2.05) is 38.1 Å². The maximum Gasteiger partial charge on any atom is 0.304 e. The zero-order valence-electron chi connectivity index (χ0n) is 11.1. The molecule has 100 valence electrons. The summed E-state index contributed by atoms with van der Waals surface area (Å²) >= 11 is 0. The lowest BCUT2D eigenvalue weighted by Crippen LogP contribution is -2.35. The summed E-state index contributed by atoms with van der Waals surface area (Å²) in [5, 5.41) is 12.1. The van der Waals surface area contributed by atoms with E-state index in [2.05, 4.69) is 5.32 Å². The molecule has 0 radical (unpaired) electrons. The van der Waals surface area contributed by atoms with Gasteiger partial charge < -0.3 is 15.2 Å². The molecule has 0 aliphatic carbocycles. The first-order valence-corrected chi connectivity index (χ1v) is 6.11. The molecule has 4 heteroatoms. The van der Waals surface area contributed by atoms with Crippen LogP contribution in [0.5, 0.6) is 5.75 Å². The molecule has 1 aromatic rings. The van der Waals surface area contributed by atoms with Crippen molar-refractivity contribution in [3.63, 3.8) is 0 Å². The van der Waals surface area contributed by atoms with Crippen molar-refractivity contribution in [3.8, 4) is 5.75 Å². The van der Waals surface area contributed by atoms with Gasteiger partial charge in [-0.2, -0.15) is 0 Å². The molecule has 4 nitrogen and oxygen atoms in total. The number of carboxylic acids is 1. The highest BCUT2D eigenvalue weighted by molar-refractivity contribution is 5.67. The topological polar surface area (TPSA) is 58.6 Å². The Kier molecular flexibility index (Phi) is 5.65. The first-order chi connectivity index (χ1) is 8.52. The van der Waals surface area contributed by atoms with Crippen LogP contribution in [0.15, 0.2) is 24.3 Å². The van der Waals surface area contributed by atoms with E-state index in [0.29, 0.717) is 12.5 Å². The van der Waals surface area contributed by atoms with Crippen LogP contribution >= 0.6 is 0 Å². The highest BCUT2D eigenvalue weighted by Gasteiger charge is 2.16. The van der Waals surface area contributed by atoms with Crippen LogP contribution in [0.1, 0.15) is 25.8 Å². The van der Waals surface area contributed by atoms with Crippen molar-refractivity contribution in [2.75, 3.05) is 7.11 Å². The normalized spacial score (nSPS) is 12.4. The summed E-state index contributed by atoms with van der Waals surface area (Å²) in [5.41, 5.74) is 1.12. The summed E-state index contributed by atoms with van der Waals surface area (Å²) in [4.78, 5) is 10.8. The number of hydrogen-bond acceptors (Lipinski definition) is 3. The van der Waals surface area contributed by atoms with Gasteiger partial charge in [-0.05, 0) is 23.6 Å². The number of rotatable bonds is 7. The van der Waals surface area contributed by atoms with Gasteiger partial charge in [-0.3, -0.25) is 4.79 Å². The van der Waals surface area contributed by atoms with Crippen LogP contribution < -0.4 is 10.1 Å². The van der Waals surface area contributed by atoms with Gasteiger partial charge >= 0.3 is 5.97 Å². The minimum atomic E-state index is -0.768. The Labute approximate surface area is 108 Å². The summed E-state index contributed by atoms with van der Waals surface area (Å²) < 4.78 is 5.09. The molecule has 2 N–H and O–H groups in total. The number of carboxylic acid groups (broad SMARTS) is 1. The molecule has 0 aliphatic heterocycles. The molecule has 18 heavy (non-hydrogen) atoms. The molecular weight excluding hydrogens is 230 g/mol. The van der Waals surface area contributed by atoms with Crippen molar-refractivity contribution >= 4 is 5.97 Å². The van der Waals surface area contributed by atoms with Crippen LogP contribution in [0.4, 0.5) is 0 Å². The molecule has 1 aromatic carbocycles. The van der Waals surface area contributed by atoms with Crippen LogP contribution in [-0.4, -0.2) is 24.2 Å². The highest BCUT2D eigenvalue weighted by atomic mass is 16.5. The Morgan fingerprint density at radius 2 is 1.94 bits per heavy atom. The van der Waals surface area contributed by atoms with Gasteiger partial charge in [0.15, 0.2) is 0 Å². The molecule has 0 heterocycles. The van der Waals surface area contributed by atoms with Crippen LogP contribution in [0.3, 0.4) is 0 Å². The van der Waals surface area contributed by atoms with Gasteiger partial charge in [-0.1, -0.05) is 26.0 Å². The maximum atomic E-state index is 10.8. The lowest BCUT2D eigenvalue weighted by Gasteiger charge is -2.20. The predicted octanol–water partition coefficient (Wildman–Crippen LogP) is 2.28. The lowest BCUT2D eigenvalue weighted by atomic mass is 10.0. The molecule has 0 aliphatic rings. The van der Waals surface area contributed by atoms with E-state index in [1.54, 1.807) is 7.11 Å². The molecule has 0 unspecified atom stereocenters. The fourth-order valence-corrected chi connectivity index (χ4v) is 1.72. The summed E-state index contributed by atoms with van der Waals surface area (Å²) in [7, 11) is 1.63. The average Bonchev–Trinajstić information content (AvgIpc) is 2.34. The number of hydrogen-bond donors (Lipinski definition) is 2. The van der Waals surface area contributed by atoms with Gasteiger partial charge in [-0.25, -0.2) is 0 Å². The third kappa shape index (κ3) is 4.75. The van der Waals surface area contributed by atoms with Crippen LogP contribution in [0, 0.1) is 5.92 Å². The van der Waals surface area contributed by atoms with Gasteiger partial charge in [0.25, 0.3) is 0 Å². The lowest BCUT2D eigenvalue weighted by molar-refractivity contribution is -0.137. The van der Waals surface area contributed by atoms with Crippen LogP contribution in [0.25, 0.3) is 0 Å². The third-order valence-electron chi connectivity index (χ3n) is 2.93. The first-order valence-electron chi connectivity index (χ1n) is 6.11. The molecule has 1 atom stereocenters. The average molecular weight is 251 g/mol. The summed E-state index contributed by atoms with van der Waals surface area (Å²) in [6.45, 7) is 4.71. The molecule has 0 saturated heterocycles. The van der Waals surface area contributed by atoms with E-state index < -0.39 is 5.97 Å². The fraction of sp³-hybridized carbons (Fsp3) is 0.500. The second-order valence-electron chi connectivity index (χ2n) is 4.68. The fourth-order valence-electron chi connectivity index (χ4n) is 1.72. The Hall–Kier alpha value is -1.55. The molecule has 0 amide bonds. The Morgan fingerprint density at radius 3 is 2.39 bits per heavy atom. The van der Waals surface area contributed by atoms with Crippen molar-refractivity contribution in [2.45, 2.75) is 32.9 Å². The number of ether oxygens (including phenoxy) is 1. The standard InChI is InChI=1S/C14H21NO3/c1-10(2)13(8-14(16)17)15-9-11-4-6-12(18-3)7-5-11/h4-7,10,13,15H,8-9H2,1-3H3,(H,16,17)/t13-/m0/s1. The van der Waals surface area contributed by atoms with Crippen molar-refractivity contribution in [1.82, 2.24) is 5.32 Å². The molecule has 0 bridgehead atoms. The zero-order valence-corrected chi connectivity index (χ0v) is 11.1. The van der Waals surface area contributed by atoms with E-state index in [0.717, 1.165) is 11.3 Å². The molecule has 0 aromatic heterocycles. The van der Waals surface area contributed by atoms with E-state index in [4.69, 9.17) is 9.84 Å². The van der Waals surface area contributed by atoms with Gasteiger partial charge in [0.1, 0.15) is 5.75 Å². The minimum absolute atomic E-state index is 0.00963. The third-order valence-corrected chi connectivity index (χ3v) is 2.93. The van der Waals surface area contributed by atoms with E-state index >= 15 is 0 Å². The Bertz CT molecular complexity index is 373. The SMILES string of the molecule is COc1ccc(CN[C@@H](CC(=O)O)C(C)C)cc1. The predicted molar refractivity (Wildman–Crippen MR) is 70.7 cm³/mol.